The van der Waals surface area contributed by atoms with Gasteiger partial charge in [0.2, 0.25) is 0 Å². The summed E-state index contributed by atoms with van der Waals surface area (Å²) < 4.78 is 42.4. The number of nitrogens with zero attached hydrogens (tertiary/aromatic N) is 2. The molecule has 0 saturated carbocycles. The number of benzene rings is 2. The Bertz CT molecular complexity index is 1010. The Morgan fingerprint density at radius 2 is 1.92 bits per heavy atom. The minimum Gasteiger partial charge on any atom is -0.266 e. The van der Waals surface area contributed by atoms with Crippen molar-refractivity contribution in [2.75, 3.05) is 4.72 Å². The van der Waals surface area contributed by atoms with E-state index in [4.69, 9.17) is 0 Å². The van der Waals surface area contributed by atoms with E-state index in [-0.39, 0.29) is 16.5 Å². The van der Waals surface area contributed by atoms with Gasteiger partial charge >= 0.3 is 0 Å². The van der Waals surface area contributed by atoms with E-state index >= 15 is 0 Å². The second-order valence-electron chi connectivity index (χ2n) is 5.90. The Morgan fingerprint density at radius 1 is 1.12 bits per heavy atom. The molecule has 0 fully saturated rings. The zero-order chi connectivity index (χ0) is 18.0. The van der Waals surface area contributed by atoms with Crippen LogP contribution in [0, 0.1) is 19.7 Å². The topological polar surface area (TPSA) is 64.0 Å². The second kappa shape index (κ2) is 6.68. The van der Waals surface area contributed by atoms with Crippen LogP contribution in [0.4, 0.5) is 10.2 Å². The fourth-order valence-corrected chi connectivity index (χ4v) is 3.84. The van der Waals surface area contributed by atoms with Gasteiger partial charge in [-0.3, -0.25) is 9.40 Å². The summed E-state index contributed by atoms with van der Waals surface area (Å²) in [7, 11) is -3.72. The molecule has 0 amide bonds. The highest BCUT2D eigenvalue weighted by molar-refractivity contribution is 7.92. The lowest BCUT2D eigenvalue weighted by Gasteiger charge is -2.09. The Kier molecular flexibility index (Phi) is 4.59. The minimum absolute atomic E-state index is 0.220. The van der Waals surface area contributed by atoms with Crippen LogP contribution in [-0.2, 0) is 16.6 Å². The van der Waals surface area contributed by atoms with Gasteiger partial charge in [-0.05, 0) is 48.7 Å². The molecule has 5 nitrogen and oxygen atoms in total. The molecule has 0 aliphatic heterocycles. The van der Waals surface area contributed by atoms with E-state index in [1.165, 1.54) is 12.1 Å². The molecule has 2 aromatic carbocycles. The van der Waals surface area contributed by atoms with Gasteiger partial charge in [0, 0.05) is 12.3 Å². The van der Waals surface area contributed by atoms with Crippen molar-refractivity contribution in [3.63, 3.8) is 0 Å². The fourth-order valence-electron chi connectivity index (χ4n) is 2.52. The average Bonchev–Trinajstić information content (AvgIpc) is 2.96. The van der Waals surface area contributed by atoms with Gasteiger partial charge in [0.25, 0.3) is 10.0 Å². The fraction of sp³-hybridized carbons (Fsp3) is 0.167. The quantitative estimate of drug-likeness (QED) is 0.758. The third-order valence-corrected chi connectivity index (χ3v) is 5.24. The van der Waals surface area contributed by atoms with Crippen molar-refractivity contribution >= 4 is 15.8 Å². The summed E-state index contributed by atoms with van der Waals surface area (Å²) in [5.41, 5.74) is 2.27. The van der Waals surface area contributed by atoms with E-state index in [0.717, 1.165) is 11.1 Å². The maximum atomic E-state index is 13.2. The summed E-state index contributed by atoms with van der Waals surface area (Å²) in [6.07, 6.45) is 1.64. The largest absolute Gasteiger partial charge is 0.266 e. The number of nitrogens with one attached hydrogen (secondary N) is 1. The number of aryl methyl sites for hydroxylation is 2. The van der Waals surface area contributed by atoms with Crippen LogP contribution in [0.15, 0.2) is 59.6 Å². The first-order chi connectivity index (χ1) is 11.8. The van der Waals surface area contributed by atoms with Crippen LogP contribution < -0.4 is 4.72 Å². The molecule has 0 saturated heterocycles. The first-order valence-electron chi connectivity index (χ1n) is 7.71. The lowest BCUT2D eigenvalue weighted by molar-refractivity contribution is 0.600. The van der Waals surface area contributed by atoms with Crippen LogP contribution in [0.25, 0.3) is 0 Å². The molecule has 1 N–H and O–H groups in total. The average molecular weight is 359 g/mol. The monoisotopic (exact) mass is 359 g/mol. The smallest absolute Gasteiger partial charge is 0.263 e. The lowest BCUT2D eigenvalue weighted by Crippen LogP contribution is -2.15. The molecule has 0 radical (unpaired) electrons. The van der Waals surface area contributed by atoms with Crippen molar-refractivity contribution in [1.82, 2.24) is 9.78 Å². The maximum Gasteiger partial charge on any atom is 0.263 e. The number of hydrogen-bond acceptors (Lipinski definition) is 3. The van der Waals surface area contributed by atoms with E-state index < -0.39 is 10.0 Å². The van der Waals surface area contributed by atoms with Gasteiger partial charge < -0.3 is 0 Å². The van der Waals surface area contributed by atoms with Crippen LogP contribution >= 0.6 is 0 Å². The highest BCUT2D eigenvalue weighted by Gasteiger charge is 2.18. The Labute approximate surface area is 146 Å². The molecule has 0 spiro atoms. The van der Waals surface area contributed by atoms with Crippen LogP contribution in [0.1, 0.15) is 16.7 Å². The SMILES string of the molecule is Cc1ccc(C)c(S(=O)(=O)Nc2ccn(Cc3cccc(F)c3)n2)c1. The first kappa shape index (κ1) is 17.2. The van der Waals surface area contributed by atoms with Gasteiger partial charge in [-0.15, -0.1) is 0 Å². The van der Waals surface area contributed by atoms with E-state index in [1.54, 1.807) is 48.1 Å². The third kappa shape index (κ3) is 4.06. The van der Waals surface area contributed by atoms with Crippen LogP contribution in [0.5, 0.6) is 0 Å². The molecule has 3 rings (SSSR count). The third-order valence-electron chi connectivity index (χ3n) is 3.75. The summed E-state index contributed by atoms with van der Waals surface area (Å²) in [6, 6.07) is 13.0. The van der Waals surface area contributed by atoms with Crippen molar-refractivity contribution in [3.05, 3.63) is 77.2 Å². The number of anilines is 1. The van der Waals surface area contributed by atoms with Crippen LogP contribution in [0.3, 0.4) is 0 Å². The summed E-state index contributed by atoms with van der Waals surface area (Å²) in [6.45, 7) is 3.94. The molecule has 0 aliphatic carbocycles. The standard InChI is InChI=1S/C18H18FN3O2S/c1-13-6-7-14(2)17(10-13)25(23,24)21-18-8-9-22(20-18)12-15-4-3-5-16(19)11-15/h3-11H,12H2,1-2H3,(H,20,21). The Morgan fingerprint density at radius 3 is 2.68 bits per heavy atom. The van der Waals surface area contributed by atoms with Gasteiger partial charge in [0.15, 0.2) is 5.82 Å². The Balaban J connectivity index is 1.80. The van der Waals surface area contributed by atoms with Crippen LogP contribution in [-0.4, -0.2) is 18.2 Å². The lowest BCUT2D eigenvalue weighted by atomic mass is 10.2. The van der Waals surface area contributed by atoms with Crippen molar-refractivity contribution in [1.29, 1.82) is 0 Å². The zero-order valence-corrected chi connectivity index (χ0v) is 14.7. The highest BCUT2D eigenvalue weighted by Crippen LogP contribution is 2.20. The van der Waals surface area contributed by atoms with E-state index in [1.807, 2.05) is 13.0 Å². The number of hydrogen-bond donors (Lipinski definition) is 1. The molecule has 0 unspecified atom stereocenters. The van der Waals surface area contributed by atoms with Crippen molar-refractivity contribution in [2.24, 2.45) is 0 Å². The molecule has 0 atom stereocenters. The Hall–Kier alpha value is -2.67. The molecular formula is C18H18FN3O2S. The molecule has 25 heavy (non-hydrogen) atoms. The molecule has 3 aromatic rings. The summed E-state index contributed by atoms with van der Waals surface area (Å²) >= 11 is 0. The molecule has 0 bridgehead atoms. The predicted molar refractivity (Wildman–Crippen MR) is 94.5 cm³/mol. The summed E-state index contributed by atoms with van der Waals surface area (Å²) in [5.74, 6) is -0.0992. The van der Waals surface area contributed by atoms with Crippen LogP contribution in [0.2, 0.25) is 0 Å². The van der Waals surface area contributed by atoms with Crippen molar-refractivity contribution in [2.45, 2.75) is 25.3 Å². The zero-order valence-electron chi connectivity index (χ0n) is 13.9. The first-order valence-corrected chi connectivity index (χ1v) is 9.20. The number of aromatic nitrogens is 2. The second-order valence-corrected chi connectivity index (χ2v) is 7.55. The molecule has 0 aliphatic rings. The molecule has 130 valence electrons. The number of sulfonamides is 1. The summed E-state index contributed by atoms with van der Waals surface area (Å²) in [4.78, 5) is 0.229. The van der Waals surface area contributed by atoms with Gasteiger partial charge in [0.05, 0.1) is 11.4 Å². The summed E-state index contributed by atoms with van der Waals surface area (Å²) in [5, 5.41) is 4.20. The van der Waals surface area contributed by atoms with E-state index in [2.05, 4.69) is 9.82 Å². The van der Waals surface area contributed by atoms with Gasteiger partial charge in [-0.1, -0.05) is 24.3 Å². The number of rotatable bonds is 5. The van der Waals surface area contributed by atoms with Crippen molar-refractivity contribution < 1.29 is 12.8 Å². The maximum absolute atomic E-state index is 13.2. The van der Waals surface area contributed by atoms with Gasteiger partial charge in [-0.2, -0.15) is 5.10 Å². The van der Waals surface area contributed by atoms with Gasteiger partial charge in [0.1, 0.15) is 5.82 Å². The van der Waals surface area contributed by atoms with Crippen molar-refractivity contribution in [3.8, 4) is 0 Å². The predicted octanol–water partition coefficient (Wildman–Crippen LogP) is 3.49. The molecular weight excluding hydrogens is 341 g/mol. The minimum atomic E-state index is -3.72. The molecule has 1 aromatic heterocycles. The van der Waals surface area contributed by atoms with E-state index in [0.29, 0.717) is 12.1 Å². The molecule has 7 heteroatoms. The number of halogens is 1. The van der Waals surface area contributed by atoms with E-state index in [9.17, 15) is 12.8 Å². The molecule has 1 heterocycles. The van der Waals surface area contributed by atoms with Gasteiger partial charge in [-0.25, -0.2) is 12.8 Å². The highest BCUT2D eigenvalue weighted by atomic mass is 32.2. The normalized spacial score (nSPS) is 11.5.